The SMILES string of the molecule is CCC(=Cc1oc2ccccc2[n+]1CCCS(=O)(=O)O)C=C1Oc2ccccc2N1CCCS(=O)(=O)O. The summed E-state index contributed by atoms with van der Waals surface area (Å²) in [6.07, 6.45) is 4.73. The number of anilines is 1. The van der Waals surface area contributed by atoms with Gasteiger partial charge in [0.1, 0.15) is 0 Å². The molecule has 0 atom stereocenters. The molecule has 0 saturated heterocycles. The summed E-state index contributed by atoms with van der Waals surface area (Å²) in [5, 5.41) is 0. The van der Waals surface area contributed by atoms with Crippen molar-refractivity contribution in [1.29, 1.82) is 0 Å². The largest absolute Gasteiger partial charge is 0.439 e. The van der Waals surface area contributed by atoms with E-state index >= 15 is 0 Å². The van der Waals surface area contributed by atoms with Crippen LogP contribution in [0.5, 0.6) is 5.75 Å². The fourth-order valence-electron chi connectivity index (χ4n) is 4.16. The van der Waals surface area contributed by atoms with Crippen LogP contribution in [0.3, 0.4) is 0 Å². The van der Waals surface area contributed by atoms with Gasteiger partial charge in [-0.1, -0.05) is 31.2 Å². The summed E-state index contributed by atoms with van der Waals surface area (Å²) < 4.78 is 77.1. The summed E-state index contributed by atoms with van der Waals surface area (Å²) in [6.45, 7) is 2.61. The van der Waals surface area contributed by atoms with Crippen LogP contribution >= 0.6 is 0 Å². The number of benzene rings is 2. The van der Waals surface area contributed by atoms with Gasteiger partial charge in [0.25, 0.3) is 25.8 Å². The molecule has 0 saturated carbocycles. The first-order valence-corrected chi connectivity index (χ1v) is 15.0. The van der Waals surface area contributed by atoms with Crippen molar-refractivity contribution in [2.45, 2.75) is 32.7 Å². The number of allylic oxidation sites excluding steroid dienone is 2. The van der Waals surface area contributed by atoms with Crippen LogP contribution in [-0.2, 0) is 26.8 Å². The van der Waals surface area contributed by atoms with Crippen LogP contribution in [-0.4, -0.2) is 44.0 Å². The van der Waals surface area contributed by atoms with Crippen molar-refractivity contribution in [2.24, 2.45) is 0 Å². The predicted molar refractivity (Wildman–Crippen MR) is 139 cm³/mol. The Morgan fingerprint density at radius 3 is 2.38 bits per heavy atom. The van der Waals surface area contributed by atoms with Gasteiger partial charge in [0.2, 0.25) is 11.5 Å². The van der Waals surface area contributed by atoms with E-state index in [1.165, 1.54) is 0 Å². The highest BCUT2D eigenvalue weighted by Gasteiger charge is 2.27. The first-order chi connectivity index (χ1) is 17.5. The lowest BCUT2D eigenvalue weighted by Gasteiger charge is -2.18. The normalized spacial score (nSPS) is 15.4. The van der Waals surface area contributed by atoms with Crippen molar-refractivity contribution in [1.82, 2.24) is 0 Å². The predicted octanol–water partition coefficient (Wildman–Crippen LogP) is 3.81. The molecule has 198 valence electrons. The molecule has 0 spiro atoms. The zero-order valence-corrected chi connectivity index (χ0v) is 21.9. The summed E-state index contributed by atoms with van der Waals surface area (Å²) in [5.74, 6) is 0.938. The molecule has 3 aromatic rings. The molecule has 12 heteroatoms. The second-order valence-corrected chi connectivity index (χ2v) is 11.8. The van der Waals surface area contributed by atoms with E-state index in [4.69, 9.17) is 18.3 Å². The van der Waals surface area contributed by atoms with Gasteiger partial charge in [-0.05, 0) is 36.6 Å². The molecule has 1 aliphatic rings. The van der Waals surface area contributed by atoms with Crippen molar-refractivity contribution in [3.05, 3.63) is 72.0 Å². The third kappa shape index (κ3) is 6.98. The summed E-state index contributed by atoms with van der Waals surface area (Å²) >= 11 is 0. The van der Waals surface area contributed by atoms with E-state index in [9.17, 15) is 16.8 Å². The van der Waals surface area contributed by atoms with Crippen molar-refractivity contribution in [3.8, 4) is 5.75 Å². The van der Waals surface area contributed by atoms with E-state index in [0.29, 0.717) is 42.6 Å². The number of aromatic nitrogens is 1. The third-order valence-corrected chi connectivity index (χ3v) is 7.48. The molecule has 0 aliphatic carbocycles. The molecule has 37 heavy (non-hydrogen) atoms. The molecule has 0 radical (unpaired) electrons. The van der Waals surface area contributed by atoms with Gasteiger partial charge in [-0.15, -0.1) is 0 Å². The molecule has 0 fully saturated rings. The Hall–Kier alpha value is -3.19. The molecular weight excluding hydrogens is 520 g/mol. The second kappa shape index (κ2) is 11.1. The van der Waals surface area contributed by atoms with Crippen LogP contribution in [0.4, 0.5) is 5.69 Å². The third-order valence-electron chi connectivity index (χ3n) is 5.87. The zero-order chi connectivity index (χ0) is 26.6. The van der Waals surface area contributed by atoms with Gasteiger partial charge in [-0.25, -0.2) is 0 Å². The lowest BCUT2D eigenvalue weighted by Crippen LogP contribution is -2.36. The average Bonchev–Trinajstić information content (AvgIpc) is 3.35. The lowest BCUT2D eigenvalue weighted by atomic mass is 10.1. The number of aryl methyl sites for hydroxylation is 1. The van der Waals surface area contributed by atoms with Gasteiger partial charge < -0.3 is 14.1 Å². The number of para-hydroxylation sites is 4. The number of hydrogen-bond donors (Lipinski definition) is 2. The number of ether oxygens (including phenoxy) is 1. The molecule has 2 heterocycles. The Kier molecular flexibility index (Phi) is 8.02. The van der Waals surface area contributed by atoms with Gasteiger partial charge >= 0.3 is 5.89 Å². The van der Waals surface area contributed by atoms with E-state index in [2.05, 4.69) is 0 Å². The van der Waals surface area contributed by atoms with E-state index in [1.807, 2.05) is 77.1 Å². The molecule has 10 nitrogen and oxygen atoms in total. The highest BCUT2D eigenvalue weighted by atomic mass is 32.2. The van der Waals surface area contributed by atoms with E-state index in [0.717, 1.165) is 16.8 Å². The summed E-state index contributed by atoms with van der Waals surface area (Å²) in [6, 6.07) is 14.8. The Morgan fingerprint density at radius 1 is 0.973 bits per heavy atom. The lowest BCUT2D eigenvalue weighted by molar-refractivity contribution is -0.677. The van der Waals surface area contributed by atoms with Crippen molar-refractivity contribution >= 4 is 43.1 Å². The van der Waals surface area contributed by atoms with E-state index in [1.54, 1.807) is 0 Å². The number of nitrogens with zero attached hydrogens (tertiary/aromatic N) is 2. The standard InChI is InChI=1S/C25H28N2O8S2/c1-2-19(17-24-26(13-7-15-36(28,29)30)20-9-3-5-11-22(20)34-24)18-25-27(14-8-16-37(31,32)33)21-10-4-6-12-23(21)35-25/h3-6,9-12,17-18H,2,7-8,13-16H2,1H3,(H-,28,29,30,31,32,33)/p+1. The minimum atomic E-state index is -4.08. The molecule has 2 aromatic carbocycles. The topological polar surface area (TPSA) is 138 Å². The molecule has 4 rings (SSSR count). The minimum absolute atomic E-state index is 0.205. The number of rotatable bonds is 11. The van der Waals surface area contributed by atoms with E-state index < -0.39 is 20.2 Å². The Bertz CT molecular complexity index is 1560. The Labute approximate surface area is 216 Å². The molecule has 0 unspecified atom stereocenters. The van der Waals surface area contributed by atoms with Crippen LogP contribution in [0.2, 0.25) is 0 Å². The maximum Gasteiger partial charge on any atom is 0.374 e. The van der Waals surface area contributed by atoms with Gasteiger partial charge in [-0.2, -0.15) is 21.4 Å². The average molecular weight is 550 g/mol. The minimum Gasteiger partial charge on any atom is -0.439 e. The maximum absolute atomic E-state index is 11.2. The maximum atomic E-state index is 11.2. The molecule has 1 aliphatic heterocycles. The number of fused-ring (bicyclic) bond motifs is 2. The van der Waals surface area contributed by atoms with Crippen LogP contribution in [0.25, 0.3) is 17.2 Å². The van der Waals surface area contributed by atoms with Gasteiger partial charge in [0, 0.05) is 25.1 Å². The monoisotopic (exact) mass is 549 g/mol. The van der Waals surface area contributed by atoms with Gasteiger partial charge in [-0.3, -0.25) is 9.11 Å². The Balaban J connectivity index is 1.67. The summed E-state index contributed by atoms with van der Waals surface area (Å²) in [4.78, 5) is 1.86. The van der Waals surface area contributed by atoms with Gasteiger partial charge in [0.15, 0.2) is 12.3 Å². The number of oxazole rings is 1. The van der Waals surface area contributed by atoms with E-state index in [-0.39, 0.29) is 24.3 Å². The fourth-order valence-corrected chi connectivity index (χ4v) is 5.14. The van der Waals surface area contributed by atoms with Crippen molar-refractivity contribution < 1.29 is 39.7 Å². The molecule has 2 N–H and O–H groups in total. The second-order valence-electron chi connectivity index (χ2n) is 8.62. The summed E-state index contributed by atoms with van der Waals surface area (Å²) in [7, 11) is -8.16. The van der Waals surface area contributed by atoms with Crippen LogP contribution in [0, 0.1) is 0 Å². The zero-order valence-electron chi connectivity index (χ0n) is 20.3. The highest BCUT2D eigenvalue weighted by molar-refractivity contribution is 7.86. The smallest absolute Gasteiger partial charge is 0.374 e. The molecule has 1 aromatic heterocycles. The van der Waals surface area contributed by atoms with Crippen LogP contribution < -0.4 is 14.2 Å². The fraction of sp³-hybridized carbons (Fsp3) is 0.320. The molecule has 0 bridgehead atoms. The van der Waals surface area contributed by atoms with Crippen LogP contribution in [0.15, 0.2) is 70.5 Å². The molecule has 0 amide bonds. The summed E-state index contributed by atoms with van der Waals surface area (Å²) in [5.41, 5.74) is 3.08. The van der Waals surface area contributed by atoms with Crippen molar-refractivity contribution in [3.63, 3.8) is 0 Å². The number of hydrogen-bond acceptors (Lipinski definition) is 7. The highest BCUT2D eigenvalue weighted by Crippen LogP contribution is 2.39. The molecular formula is C25H29N2O8S2+. The van der Waals surface area contributed by atoms with Crippen LogP contribution in [0.1, 0.15) is 32.1 Å². The quantitative estimate of drug-likeness (QED) is 0.270. The van der Waals surface area contributed by atoms with Crippen molar-refractivity contribution in [2.75, 3.05) is 23.0 Å². The Morgan fingerprint density at radius 2 is 1.65 bits per heavy atom. The first kappa shape index (κ1) is 26.9. The first-order valence-electron chi connectivity index (χ1n) is 11.8. The van der Waals surface area contributed by atoms with Gasteiger partial charge in [0.05, 0.1) is 23.3 Å².